The molecule has 1 unspecified atom stereocenters. The number of aliphatic hydroxyl groups is 7. The van der Waals surface area contributed by atoms with Crippen LogP contribution in [-0.2, 0) is 14.2 Å². The molecule has 0 aromatic heterocycles. The number of hydrogen-bond acceptors (Lipinski definition) is 10. The highest BCUT2D eigenvalue weighted by Crippen LogP contribution is 2.25. The molecule has 0 spiro atoms. The minimum Gasteiger partial charge on any atom is -0.394 e. The zero-order chi connectivity index (χ0) is 15.7. The van der Waals surface area contributed by atoms with E-state index in [1.165, 1.54) is 0 Å². The van der Waals surface area contributed by atoms with Gasteiger partial charge in [-0.05, 0) is 0 Å². The molecule has 2 aliphatic heterocycles. The maximum absolute atomic E-state index is 9.78. The highest BCUT2D eigenvalue weighted by molar-refractivity contribution is 4.91. The first-order valence-corrected chi connectivity index (χ1v) is 6.48. The van der Waals surface area contributed by atoms with Crippen molar-refractivity contribution in [1.29, 1.82) is 0 Å². The molecule has 2 aliphatic rings. The normalized spacial score (nSPS) is 51.9. The molecule has 0 radical (unpaired) electrons. The zero-order valence-corrected chi connectivity index (χ0v) is 11.0. The monoisotopic (exact) mass is 312 g/mol. The van der Waals surface area contributed by atoms with E-state index >= 15 is 0 Å². The highest BCUT2D eigenvalue weighted by Gasteiger charge is 2.47. The Morgan fingerprint density at radius 3 is 2.14 bits per heavy atom. The van der Waals surface area contributed by atoms with Crippen LogP contribution in [0.4, 0.5) is 0 Å². The molecule has 0 aromatic rings. The fourth-order valence-electron chi connectivity index (χ4n) is 2.25. The van der Waals surface area contributed by atoms with Crippen LogP contribution in [0.15, 0.2) is 0 Å². The van der Waals surface area contributed by atoms with Crippen LogP contribution < -0.4 is 0 Å². The lowest BCUT2D eigenvalue weighted by Crippen LogP contribution is -2.62. The summed E-state index contributed by atoms with van der Waals surface area (Å²) in [4.78, 5) is 0. The van der Waals surface area contributed by atoms with Crippen LogP contribution in [0.25, 0.3) is 0 Å². The first-order chi connectivity index (χ1) is 9.86. The van der Waals surface area contributed by atoms with Gasteiger partial charge in [0.1, 0.15) is 42.7 Å². The Morgan fingerprint density at radius 2 is 1.52 bits per heavy atom. The van der Waals surface area contributed by atoms with Gasteiger partial charge in [0.05, 0.1) is 13.2 Å². The Balaban J connectivity index is 2.01. The third-order valence-electron chi connectivity index (χ3n) is 3.61. The standard InChI is InChI=1S/C11H20O10/c12-1-3-5(13)7(15)9(17)11(20-3)21-4-2-19-10(18)8(16)6(4)14/h3-18H,1-2H2/t3-,4-,5+,6+,7+,8-,9-,10?,11+/m1/s1. The van der Waals surface area contributed by atoms with E-state index in [1.807, 2.05) is 0 Å². The Labute approximate surface area is 119 Å². The molecule has 2 heterocycles. The number of rotatable bonds is 3. The van der Waals surface area contributed by atoms with E-state index in [4.69, 9.17) is 19.3 Å². The van der Waals surface area contributed by atoms with Crippen LogP contribution >= 0.6 is 0 Å². The molecule has 7 N–H and O–H groups in total. The van der Waals surface area contributed by atoms with E-state index in [0.29, 0.717) is 0 Å². The molecule has 10 heteroatoms. The molecule has 9 atom stereocenters. The van der Waals surface area contributed by atoms with E-state index in [0.717, 1.165) is 0 Å². The van der Waals surface area contributed by atoms with Gasteiger partial charge in [-0.1, -0.05) is 0 Å². The summed E-state index contributed by atoms with van der Waals surface area (Å²) < 4.78 is 15.1. The molecule has 0 saturated carbocycles. The van der Waals surface area contributed by atoms with Crippen molar-refractivity contribution >= 4 is 0 Å². The summed E-state index contributed by atoms with van der Waals surface area (Å²) in [6.07, 6.45) is -13.2. The lowest BCUT2D eigenvalue weighted by Gasteiger charge is -2.43. The van der Waals surface area contributed by atoms with Crippen molar-refractivity contribution in [1.82, 2.24) is 0 Å². The van der Waals surface area contributed by atoms with Gasteiger partial charge in [-0.25, -0.2) is 0 Å². The lowest BCUT2D eigenvalue weighted by molar-refractivity contribution is -0.340. The minimum atomic E-state index is -1.63. The van der Waals surface area contributed by atoms with Crippen molar-refractivity contribution in [2.24, 2.45) is 0 Å². The molecule has 2 fully saturated rings. The maximum atomic E-state index is 9.78. The van der Waals surface area contributed by atoms with Gasteiger partial charge in [0, 0.05) is 0 Å². The smallest absolute Gasteiger partial charge is 0.187 e. The summed E-state index contributed by atoms with van der Waals surface area (Å²) >= 11 is 0. The number of aliphatic hydroxyl groups excluding tert-OH is 7. The van der Waals surface area contributed by atoms with Crippen LogP contribution in [0.5, 0.6) is 0 Å². The molecule has 0 bridgehead atoms. The summed E-state index contributed by atoms with van der Waals surface area (Å²) in [5.41, 5.74) is 0. The molecule has 0 amide bonds. The van der Waals surface area contributed by atoms with Crippen molar-refractivity contribution in [2.75, 3.05) is 13.2 Å². The van der Waals surface area contributed by atoms with Gasteiger partial charge in [0.2, 0.25) is 0 Å². The van der Waals surface area contributed by atoms with Gasteiger partial charge in [-0.2, -0.15) is 0 Å². The van der Waals surface area contributed by atoms with Gasteiger partial charge >= 0.3 is 0 Å². The molecule has 2 saturated heterocycles. The average molecular weight is 312 g/mol. The molecule has 0 aromatic carbocycles. The first kappa shape index (κ1) is 17.0. The van der Waals surface area contributed by atoms with E-state index in [-0.39, 0.29) is 6.61 Å². The predicted octanol–water partition coefficient (Wildman–Crippen LogP) is -4.76. The minimum absolute atomic E-state index is 0.283. The van der Waals surface area contributed by atoms with Crippen molar-refractivity contribution in [3.8, 4) is 0 Å². The summed E-state index contributed by atoms with van der Waals surface area (Å²) in [6, 6.07) is 0. The fraction of sp³-hybridized carbons (Fsp3) is 1.00. The SMILES string of the molecule is OC[C@H]1O[C@@H](O[C@@H]2COC(O)[C@H](O)[C@H]2O)[C@H](O)[C@@H](O)[C@H]1O. The summed E-state index contributed by atoms with van der Waals surface area (Å²) in [5.74, 6) is 0. The number of ether oxygens (including phenoxy) is 3. The highest BCUT2D eigenvalue weighted by atomic mass is 16.7. The lowest BCUT2D eigenvalue weighted by atomic mass is 9.99. The van der Waals surface area contributed by atoms with Gasteiger partial charge in [0.15, 0.2) is 12.6 Å². The third-order valence-corrected chi connectivity index (χ3v) is 3.61. The summed E-state index contributed by atoms with van der Waals surface area (Å²) in [6.45, 7) is -0.899. The Hall–Kier alpha value is -0.400. The van der Waals surface area contributed by atoms with Gasteiger partial charge in [0.25, 0.3) is 0 Å². The second-order valence-corrected chi connectivity index (χ2v) is 5.08. The largest absolute Gasteiger partial charge is 0.394 e. The van der Waals surface area contributed by atoms with Crippen LogP contribution in [0.2, 0.25) is 0 Å². The molecule has 124 valence electrons. The second-order valence-electron chi connectivity index (χ2n) is 5.08. The van der Waals surface area contributed by atoms with Crippen molar-refractivity contribution < 1.29 is 50.0 Å². The van der Waals surface area contributed by atoms with E-state index in [2.05, 4.69) is 0 Å². The fourth-order valence-corrected chi connectivity index (χ4v) is 2.25. The van der Waals surface area contributed by atoms with Crippen molar-refractivity contribution in [3.05, 3.63) is 0 Å². The van der Waals surface area contributed by atoms with Crippen molar-refractivity contribution in [3.63, 3.8) is 0 Å². The quantitative estimate of drug-likeness (QED) is 0.268. The summed E-state index contributed by atoms with van der Waals surface area (Å²) in [5, 5.41) is 66.5. The maximum Gasteiger partial charge on any atom is 0.187 e. The van der Waals surface area contributed by atoms with Gasteiger partial charge < -0.3 is 50.0 Å². The van der Waals surface area contributed by atoms with Gasteiger partial charge in [-0.3, -0.25) is 0 Å². The zero-order valence-electron chi connectivity index (χ0n) is 11.0. The second kappa shape index (κ2) is 6.79. The topological polar surface area (TPSA) is 169 Å². The van der Waals surface area contributed by atoms with Gasteiger partial charge in [-0.15, -0.1) is 0 Å². The molecular formula is C11H20O10. The number of hydrogen-bond donors (Lipinski definition) is 7. The summed E-state index contributed by atoms with van der Waals surface area (Å²) in [7, 11) is 0. The first-order valence-electron chi connectivity index (χ1n) is 6.48. The van der Waals surface area contributed by atoms with Crippen molar-refractivity contribution in [2.45, 2.75) is 55.3 Å². The van der Waals surface area contributed by atoms with E-state index in [9.17, 15) is 30.6 Å². The predicted molar refractivity (Wildman–Crippen MR) is 62.6 cm³/mol. The Morgan fingerprint density at radius 1 is 0.857 bits per heavy atom. The molecule has 0 aliphatic carbocycles. The van der Waals surface area contributed by atoms with Crippen LogP contribution in [0, 0.1) is 0 Å². The van der Waals surface area contributed by atoms with Crippen LogP contribution in [-0.4, -0.2) is 104 Å². The Kier molecular flexibility index (Phi) is 5.48. The molecule has 10 nitrogen and oxygen atoms in total. The molecule has 21 heavy (non-hydrogen) atoms. The Bertz CT molecular complexity index is 339. The average Bonchev–Trinajstić information content (AvgIpc) is 2.48. The van der Waals surface area contributed by atoms with Crippen LogP contribution in [0.3, 0.4) is 0 Å². The van der Waals surface area contributed by atoms with E-state index in [1.54, 1.807) is 0 Å². The molecular weight excluding hydrogens is 292 g/mol. The third kappa shape index (κ3) is 3.35. The van der Waals surface area contributed by atoms with E-state index < -0.39 is 61.9 Å². The van der Waals surface area contributed by atoms with Crippen LogP contribution in [0.1, 0.15) is 0 Å². The molecule has 2 rings (SSSR count).